The average Bonchev–Trinajstić information content (AvgIpc) is 2.95. The van der Waals surface area contributed by atoms with Gasteiger partial charge >= 0.3 is 0 Å². The molecule has 0 spiro atoms. The third kappa shape index (κ3) is 3.09. The van der Waals surface area contributed by atoms with Crippen LogP contribution in [0.5, 0.6) is 11.5 Å². The van der Waals surface area contributed by atoms with Crippen LogP contribution >= 0.6 is 23.2 Å². The van der Waals surface area contributed by atoms with Gasteiger partial charge in [-0.1, -0.05) is 23.2 Å². The van der Waals surface area contributed by atoms with Gasteiger partial charge in [0.1, 0.15) is 10.8 Å². The summed E-state index contributed by atoms with van der Waals surface area (Å²) in [6, 6.07) is 5.99. The molecule has 8 heteroatoms. The second-order valence-corrected chi connectivity index (χ2v) is 5.52. The average molecular weight is 353 g/mol. The maximum absolute atomic E-state index is 12.4. The third-order valence-corrected chi connectivity index (χ3v) is 3.68. The molecule has 0 atom stereocenters. The Labute approximate surface area is 141 Å². The van der Waals surface area contributed by atoms with Gasteiger partial charge in [0.15, 0.2) is 17.3 Å². The summed E-state index contributed by atoms with van der Waals surface area (Å²) in [6.07, 6.45) is 0. The van der Waals surface area contributed by atoms with Gasteiger partial charge in [-0.15, -0.1) is 0 Å². The van der Waals surface area contributed by atoms with Gasteiger partial charge in [0.05, 0.1) is 10.7 Å². The number of ether oxygens (including phenoxy) is 2. The minimum absolute atomic E-state index is 0.0358. The summed E-state index contributed by atoms with van der Waals surface area (Å²) in [5, 5.41) is 2.89. The number of benzene rings is 1. The molecule has 118 valence electrons. The molecule has 0 aliphatic carbocycles. The van der Waals surface area contributed by atoms with Gasteiger partial charge in [-0.05, 0) is 25.1 Å². The summed E-state index contributed by atoms with van der Waals surface area (Å²) in [7, 11) is 0. The van der Waals surface area contributed by atoms with Crippen molar-refractivity contribution >= 4 is 40.6 Å². The van der Waals surface area contributed by atoms with Gasteiger partial charge in [-0.3, -0.25) is 9.59 Å². The van der Waals surface area contributed by atoms with Crippen LogP contribution in [0.1, 0.15) is 27.8 Å². The lowest BCUT2D eigenvalue weighted by Gasteiger charge is -2.11. The van der Waals surface area contributed by atoms with Gasteiger partial charge in [0, 0.05) is 11.6 Å². The Morgan fingerprint density at radius 1 is 1.17 bits per heavy atom. The smallest absolute Gasteiger partial charge is 0.275 e. The van der Waals surface area contributed by atoms with Crippen LogP contribution in [0.15, 0.2) is 24.3 Å². The molecule has 0 unspecified atom stereocenters. The number of anilines is 1. The first kappa shape index (κ1) is 15.6. The quantitative estimate of drug-likeness (QED) is 0.674. The molecule has 0 saturated heterocycles. The number of fused-ring (bicyclic) bond motifs is 1. The van der Waals surface area contributed by atoms with E-state index in [9.17, 15) is 9.59 Å². The molecule has 1 aromatic carbocycles. The number of hydrogen-bond donors (Lipinski definition) is 1. The number of carbonyl (C=O) groups excluding carboxylic acids is 2. The van der Waals surface area contributed by atoms with E-state index in [1.165, 1.54) is 31.2 Å². The van der Waals surface area contributed by atoms with Crippen molar-refractivity contribution in [3.8, 4) is 11.5 Å². The van der Waals surface area contributed by atoms with E-state index >= 15 is 0 Å². The molecule has 3 rings (SSSR count). The second kappa shape index (κ2) is 6.06. The third-order valence-electron chi connectivity index (χ3n) is 3.17. The van der Waals surface area contributed by atoms with E-state index < -0.39 is 5.91 Å². The van der Waals surface area contributed by atoms with Crippen molar-refractivity contribution in [3.05, 3.63) is 45.7 Å². The molecule has 6 nitrogen and oxygen atoms in total. The maximum atomic E-state index is 12.4. The number of pyridine rings is 1. The van der Waals surface area contributed by atoms with Gasteiger partial charge in [-0.2, -0.15) is 0 Å². The molecule has 2 heterocycles. The molecule has 23 heavy (non-hydrogen) atoms. The van der Waals surface area contributed by atoms with Gasteiger partial charge in [0.2, 0.25) is 6.79 Å². The second-order valence-electron chi connectivity index (χ2n) is 4.73. The summed E-state index contributed by atoms with van der Waals surface area (Å²) in [5.74, 6) is 0.0742. The van der Waals surface area contributed by atoms with Crippen LogP contribution in [-0.4, -0.2) is 23.5 Å². The van der Waals surface area contributed by atoms with E-state index in [1.54, 1.807) is 0 Å². The molecular weight excluding hydrogens is 343 g/mol. The molecule has 1 N–H and O–H groups in total. The molecule has 1 amide bonds. The predicted octanol–water partition coefficient (Wildman–Crippen LogP) is 3.57. The SMILES string of the molecule is CC(=O)c1cc2c(cc1NC(=O)c1nc(Cl)ccc1Cl)OCO2. The van der Waals surface area contributed by atoms with Gasteiger partial charge in [0.25, 0.3) is 5.91 Å². The lowest BCUT2D eigenvalue weighted by atomic mass is 10.1. The van der Waals surface area contributed by atoms with Crippen molar-refractivity contribution in [2.75, 3.05) is 12.1 Å². The summed E-state index contributed by atoms with van der Waals surface area (Å²) in [5.41, 5.74) is 0.539. The van der Waals surface area contributed by atoms with Crippen LogP contribution in [0.4, 0.5) is 5.69 Å². The van der Waals surface area contributed by atoms with Crippen LogP contribution < -0.4 is 14.8 Å². The number of nitrogens with zero attached hydrogens (tertiary/aromatic N) is 1. The largest absolute Gasteiger partial charge is 0.454 e. The Morgan fingerprint density at radius 3 is 2.57 bits per heavy atom. The molecule has 1 aliphatic rings. The molecular formula is C15H10Cl2N2O4. The highest BCUT2D eigenvalue weighted by Crippen LogP contribution is 2.37. The Bertz CT molecular complexity index is 823. The molecule has 1 aromatic heterocycles. The molecule has 1 aliphatic heterocycles. The first-order chi connectivity index (χ1) is 11.0. The summed E-state index contributed by atoms with van der Waals surface area (Å²) in [6.45, 7) is 1.45. The fourth-order valence-electron chi connectivity index (χ4n) is 2.10. The summed E-state index contributed by atoms with van der Waals surface area (Å²) >= 11 is 11.7. The maximum Gasteiger partial charge on any atom is 0.275 e. The van der Waals surface area contributed by atoms with Crippen molar-refractivity contribution in [3.63, 3.8) is 0 Å². The molecule has 2 aromatic rings. The number of hydrogen-bond acceptors (Lipinski definition) is 5. The zero-order valence-electron chi connectivity index (χ0n) is 11.9. The fraction of sp³-hybridized carbons (Fsp3) is 0.133. The van der Waals surface area contributed by atoms with Crippen LogP contribution in [0.25, 0.3) is 0 Å². The van der Waals surface area contributed by atoms with Gasteiger partial charge < -0.3 is 14.8 Å². The van der Waals surface area contributed by atoms with Crippen LogP contribution in [0, 0.1) is 0 Å². The Balaban J connectivity index is 1.97. The van der Waals surface area contributed by atoms with E-state index in [4.69, 9.17) is 32.7 Å². The van der Waals surface area contributed by atoms with Crippen molar-refractivity contribution in [2.45, 2.75) is 6.92 Å². The van der Waals surface area contributed by atoms with E-state index in [0.717, 1.165) is 0 Å². The highest BCUT2D eigenvalue weighted by Gasteiger charge is 2.22. The number of nitrogens with one attached hydrogen (secondary N) is 1. The molecule has 0 radical (unpaired) electrons. The number of amides is 1. The van der Waals surface area contributed by atoms with Crippen molar-refractivity contribution in [1.82, 2.24) is 4.98 Å². The number of halogens is 2. The topological polar surface area (TPSA) is 77.5 Å². The van der Waals surface area contributed by atoms with Crippen molar-refractivity contribution < 1.29 is 19.1 Å². The normalized spacial score (nSPS) is 12.1. The Hall–Kier alpha value is -2.31. The van der Waals surface area contributed by atoms with E-state index in [1.807, 2.05) is 0 Å². The minimum atomic E-state index is -0.584. The predicted molar refractivity (Wildman–Crippen MR) is 84.8 cm³/mol. The monoisotopic (exact) mass is 352 g/mol. The lowest BCUT2D eigenvalue weighted by molar-refractivity contribution is 0.101. The number of ketones is 1. The first-order valence-corrected chi connectivity index (χ1v) is 7.29. The zero-order chi connectivity index (χ0) is 16.6. The molecule has 0 fully saturated rings. The van der Waals surface area contributed by atoms with Crippen LogP contribution in [0.2, 0.25) is 10.2 Å². The first-order valence-electron chi connectivity index (χ1n) is 6.53. The molecule has 0 saturated carbocycles. The van der Waals surface area contributed by atoms with E-state index in [-0.39, 0.29) is 34.1 Å². The standard InChI is InChI=1S/C15H10Cl2N2O4/c1-7(20)8-4-11-12(23-6-22-11)5-10(8)18-15(21)14-9(16)2-3-13(17)19-14/h2-5H,6H2,1H3,(H,18,21). The lowest BCUT2D eigenvalue weighted by Crippen LogP contribution is -2.16. The Kier molecular flexibility index (Phi) is 4.11. The van der Waals surface area contributed by atoms with E-state index in [0.29, 0.717) is 17.1 Å². The fourth-order valence-corrected chi connectivity index (χ4v) is 2.43. The summed E-state index contributed by atoms with van der Waals surface area (Å²) < 4.78 is 10.5. The number of carbonyl (C=O) groups is 2. The Morgan fingerprint density at radius 2 is 1.87 bits per heavy atom. The van der Waals surface area contributed by atoms with Crippen LogP contribution in [-0.2, 0) is 0 Å². The van der Waals surface area contributed by atoms with Crippen LogP contribution in [0.3, 0.4) is 0 Å². The number of rotatable bonds is 3. The number of Topliss-reactive ketones (excluding diaryl/α,β-unsaturated/α-hetero) is 1. The minimum Gasteiger partial charge on any atom is -0.454 e. The molecule has 0 bridgehead atoms. The highest BCUT2D eigenvalue weighted by atomic mass is 35.5. The zero-order valence-corrected chi connectivity index (χ0v) is 13.4. The van der Waals surface area contributed by atoms with Crippen molar-refractivity contribution in [1.29, 1.82) is 0 Å². The van der Waals surface area contributed by atoms with E-state index in [2.05, 4.69) is 10.3 Å². The number of aromatic nitrogens is 1. The van der Waals surface area contributed by atoms with Gasteiger partial charge in [-0.25, -0.2) is 4.98 Å². The highest BCUT2D eigenvalue weighted by molar-refractivity contribution is 6.35. The summed E-state index contributed by atoms with van der Waals surface area (Å²) in [4.78, 5) is 28.1. The van der Waals surface area contributed by atoms with Crippen molar-refractivity contribution in [2.24, 2.45) is 0 Å².